The molecule has 0 aromatic rings. The average Bonchev–Trinajstić information content (AvgIpc) is 2.70. The number of hydrogen-bond donors (Lipinski definition) is 0. The molecule has 27 heavy (non-hydrogen) atoms. The Labute approximate surface area is 166 Å². The summed E-state index contributed by atoms with van der Waals surface area (Å²) >= 11 is 0. The van der Waals surface area contributed by atoms with E-state index in [1.54, 1.807) is 42.7 Å². The normalized spacial score (nSPS) is 13.8. The maximum atomic E-state index is 12.4. The van der Waals surface area contributed by atoms with E-state index in [4.69, 9.17) is 31.3 Å². The Kier molecular flexibility index (Phi) is 13.6. The van der Waals surface area contributed by atoms with Crippen molar-refractivity contribution in [3.8, 4) is 0 Å². The summed E-state index contributed by atoms with van der Waals surface area (Å²) in [5.74, 6) is -0.625. The number of esters is 1. The minimum Gasteiger partial charge on any atom is -0.465 e. The summed E-state index contributed by atoms with van der Waals surface area (Å²) in [7, 11) is 3.75. The standard InChI is InChI=1S/C16H37NO8Si2/c1-9-11-17(27(22-6,23-7)24-8)14-15(2)16(18)25-12-10-13-26(19-3,20-4)21-5/h15H,9-14H2,1-8H3. The van der Waals surface area contributed by atoms with Gasteiger partial charge in [0.15, 0.2) is 0 Å². The second-order valence-corrected chi connectivity index (χ2v) is 12.0. The van der Waals surface area contributed by atoms with Gasteiger partial charge in [-0.2, -0.15) is 0 Å². The molecule has 0 aliphatic carbocycles. The second kappa shape index (κ2) is 13.7. The summed E-state index contributed by atoms with van der Waals surface area (Å²) in [6.07, 6.45) is 1.48. The van der Waals surface area contributed by atoms with Gasteiger partial charge >= 0.3 is 23.7 Å². The summed E-state index contributed by atoms with van der Waals surface area (Å²) in [6, 6.07) is 0.577. The van der Waals surface area contributed by atoms with Crippen LogP contribution in [0.1, 0.15) is 26.7 Å². The first-order valence-corrected chi connectivity index (χ1v) is 12.7. The lowest BCUT2D eigenvalue weighted by Gasteiger charge is -2.36. The fourth-order valence-electron chi connectivity index (χ4n) is 2.81. The van der Waals surface area contributed by atoms with E-state index in [2.05, 4.69) is 0 Å². The first kappa shape index (κ1) is 26.6. The van der Waals surface area contributed by atoms with Crippen LogP contribution in [-0.4, -0.2) is 90.7 Å². The van der Waals surface area contributed by atoms with Gasteiger partial charge in [0, 0.05) is 55.2 Å². The molecule has 11 heteroatoms. The van der Waals surface area contributed by atoms with E-state index >= 15 is 0 Å². The minimum atomic E-state index is -2.97. The van der Waals surface area contributed by atoms with Crippen molar-refractivity contribution in [3.63, 3.8) is 0 Å². The van der Waals surface area contributed by atoms with Crippen LogP contribution in [0.4, 0.5) is 0 Å². The van der Waals surface area contributed by atoms with Crippen LogP contribution >= 0.6 is 0 Å². The molecular formula is C16H37NO8Si2. The number of carbonyl (C=O) groups excluding carboxylic acids is 1. The molecule has 0 saturated heterocycles. The van der Waals surface area contributed by atoms with E-state index in [1.165, 1.54) is 0 Å². The molecule has 0 aromatic carbocycles. The molecular weight excluding hydrogens is 390 g/mol. The monoisotopic (exact) mass is 427 g/mol. The molecule has 0 aliphatic rings. The first-order chi connectivity index (χ1) is 12.8. The van der Waals surface area contributed by atoms with Crippen molar-refractivity contribution in [2.75, 3.05) is 62.4 Å². The van der Waals surface area contributed by atoms with E-state index in [0.29, 0.717) is 25.6 Å². The number of hydrogen-bond acceptors (Lipinski definition) is 9. The number of ether oxygens (including phenoxy) is 1. The zero-order valence-electron chi connectivity index (χ0n) is 18.0. The lowest BCUT2D eigenvalue weighted by atomic mass is 10.2. The van der Waals surface area contributed by atoms with Crippen molar-refractivity contribution in [1.82, 2.24) is 4.57 Å². The smallest absolute Gasteiger partial charge is 0.465 e. The number of nitrogens with zero attached hydrogens (tertiary/aromatic N) is 1. The molecule has 0 saturated carbocycles. The van der Waals surface area contributed by atoms with E-state index in [9.17, 15) is 4.79 Å². The molecule has 0 fully saturated rings. The molecule has 1 atom stereocenters. The Morgan fingerprint density at radius 1 is 0.926 bits per heavy atom. The molecule has 0 radical (unpaired) electrons. The Bertz CT molecular complexity index is 391. The highest BCUT2D eigenvalue weighted by atomic mass is 28.4. The van der Waals surface area contributed by atoms with E-state index < -0.39 is 17.8 Å². The maximum Gasteiger partial charge on any atom is 0.598 e. The van der Waals surface area contributed by atoms with Gasteiger partial charge in [0.2, 0.25) is 0 Å². The lowest BCUT2D eigenvalue weighted by molar-refractivity contribution is -0.148. The predicted molar refractivity (Wildman–Crippen MR) is 105 cm³/mol. The zero-order valence-corrected chi connectivity index (χ0v) is 20.0. The first-order valence-electron chi connectivity index (χ1n) is 9.06. The van der Waals surface area contributed by atoms with Crippen molar-refractivity contribution in [2.45, 2.75) is 32.7 Å². The molecule has 0 spiro atoms. The van der Waals surface area contributed by atoms with Gasteiger partial charge in [-0.1, -0.05) is 13.8 Å². The van der Waals surface area contributed by atoms with Crippen LogP contribution in [0, 0.1) is 5.92 Å². The Morgan fingerprint density at radius 3 is 1.85 bits per heavy atom. The molecule has 9 nitrogen and oxygen atoms in total. The minimum absolute atomic E-state index is 0.276. The third kappa shape index (κ3) is 7.87. The van der Waals surface area contributed by atoms with Gasteiger partial charge in [-0.15, -0.1) is 0 Å². The molecule has 1 unspecified atom stereocenters. The van der Waals surface area contributed by atoms with Gasteiger partial charge in [0.1, 0.15) is 0 Å². The second-order valence-electron chi connectivity index (χ2n) is 6.05. The van der Waals surface area contributed by atoms with Gasteiger partial charge in [-0.3, -0.25) is 9.36 Å². The highest BCUT2D eigenvalue weighted by Gasteiger charge is 2.47. The van der Waals surface area contributed by atoms with Crippen LogP contribution in [0.2, 0.25) is 6.04 Å². The zero-order chi connectivity index (χ0) is 20.9. The van der Waals surface area contributed by atoms with Gasteiger partial charge < -0.3 is 31.3 Å². The quantitative estimate of drug-likeness (QED) is 0.207. The topological polar surface area (TPSA) is 84.9 Å². The predicted octanol–water partition coefficient (Wildman–Crippen LogP) is 1.52. The van der Waals surface area contributed by atoms with Crippen molar-refractivity contribution < 1.29 is 36.1 Å². The average molecular weight is 428 g/mol. The van der Waals surface area contributed by atoms with Crippen LogP contribution in [0.3, 0.4) is 0 Å². The summed E-state index contributed by atoms with van der Waals surface area (Å²) in [5, 5.41) is 0. The van der Waals surface area contributed by atoms with E-state index in [-0.39, 0.29) is 18.5 Å². The van der Waals surface area contributed by atoms with Crippen LogP contribution in [0.25, 0.3) is 0 Å². The summed E-state index contributed by atoms with van der Waals surface area (Å²) in [4.78, 5) is 12.4. The highest BCUT2D eigenvalue weighted by Crippen LogP contribution is 2.18. The third-order valence-corrected chi connectivity index (χ3v) is 9.92. The largest absolute Gasteiger partial charge is 0.598 e. The molecule has 0 heterocycles. The van der Waals surface area contributed by atoms with E-state index in [1.807, 2.05) is 18.4 Å². The Balaban J connectivity index is 4.65. The van der Waals surface area contributed by atoms with Gasteiger partial charge in [0.25, 0.3) is 0 Å². The fraction of sp³-hybridized carbons (Fsp3) is 0.938. The molecule has 0 amide bonds. The molecule has 0 N–H and O–H groups in total. The third-order valence-electron chi connectivity index (χ3n) is 4.36. The summed E-state index contributed by atoms with van der Waals surface area (Å²) in [6.45, 7) is 5.28. The van der Waals surface area contributed by atoms with Gasteiger partial charge in [0.05, 0.1) is 12.5 Å². The summed E-state index contributed by atoms with van der Waals surface area (Å²) < 4.78 is 40.1. The maximum absolute atomic E-state index is 12.4. The SMILES string of the molecule is CCCN(CC(C)C(=O)OCCC[Si](OC)(OC)OC)[Si](OC)(OC)OC. The van der Waals surface area contributed by atoms with Crippen molar-refractivity contribution in [3.05, 3.63) is 0 Å². The fourth-order valence-corrected chi connectivity index (χ4v) is 6.77. The Hall–Kier alpha value is -0.376. The molecule has 0 rings (SSSR count). The Morgan fingerprint density at radius 2 is 1.44 bits per heavy atom. The molecule has 0 aliphatic heterocycles. The van der Waals surface area contributed by atoms with Crippen molar-refractivity contribution in [2.24, 2.45) is 5.92 Å². The highest BCUT2D eigenvalue weighted by molar-refractivity contribution is 6.60. The summed E-state index contributed by atoms with van der Waals surface area (Å²) in [5.41, 5.74) is 0. The molecule has 162 valence electrons. The lowest BCUT2D eigenvalue weighted by Crippen LogP contribution is -2.61. The van der Waals surface area contributed by atoms with Gasteiger partial charge in [-0.25, -0.2) is 0 Å². The van der Waals surface area contributed by atoms with Gasteiger partial charge in [-0.05, 0) is 19.4 Å². The molecule has 0 bridgehead atoms. The number of carbonyl (C=O) groups is 1. The van der Waals surface area contributed by atoms with Crippen LogP contribution in [-0.2, 0) is 36.1 Å². The van der Waals surface area contributed by atoms with Crippen LogP contribution < -0.4 is 0 Å². The van der Waals surface area contributed by atoms with Crippen molar-refractivity contribution in [1.29, 1.82) is 0 Å². The number of rotatable bonds is 16. The van der Waals surface area contributed by atoms with Crippen LogP contribution in [0.5, 0.6) is 0 Å². The van der Waals surface area contributed by atoms with Crippen LogP contribution in [0.15, 0.2) is 0 Å². The van der Waals surface area contributed by atoms with Crippen molar-refractivity contribution >= 4 is 23.7 Å². The van der Waals surface area contributed by atoms with E-state index in [0.717, 1.165) is 6.42 Å². The molecule has 0 aromatic heterocycles.